The largest absolute Gasteiger partial charge is 0.453 e. The van der Waals surface area contributed by atoms with Crippen molar-refractivity contribution in [3.63, 3.8) is 0 Å². The maximum absolute atomic E-state index is 12.2. The summed E-state index contributed by atoms with van der Waals surface area (Å²) in [6.07, 6.45) is 1.64. The van der Waals surface area contributed by atoms with Gasteiger partial charge in [-0.15, -0.1) is 0 Å². The van der Waals surface area contributed by atoms with E-state index in [1.165, 1.54) is 14.2 Å². The molecule has 0 aromatic heterocycles. The number of carbonyl (C=O) groups excluding carboxylic acids is 3. The van der Waals surface area contributed by atoms with Crippen molar-refractivity contribution in [2.24, 2.45) is 0 Å². The second-order valence-electron chi connectivity index (χ2n) is 4.49. The number of carbonyl (C=O) groups is 3. The van der Waals surface area contributed by atoms with Crippen molar-refractivity contribution in [3.8, 4) is 0 Å². The maximum atomic E-state index is 12.2. The van der Waals surface area contributed by atoms with Gasteiger partial charge in [0.25, 0.3) is 0 Å². The van der Waals surface area contributed by atoms with Gasteiger partial charge >= 0.3 is 6.09 Å². The third kappa shape index (κ3) is 10.8. The molecule has 2 atom stereocenters. The second-order valence-corrected chi connectivity index (χ2v) is 4.49. The molecule has 0 saturated carbocycles. The summed E-state index contributed by atoms with van der Waals surface area (Å²) in [5.74, 6) is -0.109. The Balaban J connectivity index is -0.000000551. The fraction of sp³-hybridized carbons (Fsp3) is 0.812. The lowest BCUT2D eigenvalue weighted by atomic mass is 10.1. The number of nitrogens with zero attached hydrogens (tertiary/aromatic N) is 1. The van der Waals surface area contributed by atoms with E-state index in [4.69, 9.17) is 9.53 Å². The molecule has 0 bridgehead atoms. The molecule has 24 heavy (non-hydrogen) atoms. The first-order chi connectivity index (χ1) is 11.0. The molecule has 144 valence electrons. The average Bonchev–Trinajstić information content (AvgIpc) is 3.14. The monoisotopic (exact) mass is 349 g/mol. The summed E-state index contributed by atoms with van der Waals surface area (Å²) in [6, 6.07) is -0.689. The van der Waals surface area contributed by atoms with Crippen LogP contribution in [0.3, 0.4) is 0 Å². The summed E-state index contributed by atoms with van der Waals surface area (Å²) >= 11 is 0. The van der Waals surface area contributed by atoms with E-state index in [1.807, 2.05) is 13.8 Å². The smallest absolute Gasteiger partial charge is 0.407 e. The lowest BCUT2D eigenvalue weighted by molar-refractivity contribution is -0.135. The molecule has 2 N–H and O–H groups in total. The number of likely N-dealkylation sites (tertiary alicyclic amines) is 1. The summed E-state index contributed by atoms with van der Waals surface area (Å²) in [5.41, 5.74) is 0. The topological polar surface area (TPSA) is 97.0 Å². The molecule has 2 unspecified atom stereocenters. The lowest BCUT2D eigenvalue weighted by Crippen LogP contribution is -2.53. The van der Waals surface area contributed by atoms with E-state index in [-0.39, 0.29) is 19.4 Å². The lowest BCUT2D eigenvalue weighted by Gasteiger charge is -2.27. The third-order valence-electron chi connectivity index (χ3n) is 3.10. The zero-order valence-corrected chi connectivity index (χ0v) is 15.0. The first-order valence-electron chi connectivity index (χ1n) is 7.78. The molecule has 1 saturated heterocycles. The van der Waals surface area contributed by atoms with E-state index in [2.05, 4.69) is 15.4 Å². The SMILES string of the molecule is C.CC.CNC=O.COC(=O)NC(C(=O)N1CCCC1)C(C)OC. The Labute approximate surface area is 146 Å². The van der Waals surface area contributed by atoms with E-state index in [0.717, 1.165) is 25.9 Å². The van der Waals surface area contributed by atoms with Gasteiger partial charge in [0.05, 0.1) is 13.2 Å². The van der Waals surface area contributed by atoms with Gasteiger partial charge in [-0.1, -0.05) is 21.3 Å². The second kappa shape index (κ2) is 17.5. The minimum atomic E-state index is -0.689. The van der Waals surface area contributed by atoms with Crippen molar-refractivity contribution in [3.05, 3.63) is 0 Å². The van der Waals surface area contributed by atoms with Gasteiger partial charge in [0.1, 0.15) is 6.04 Å². The zero-order valence-electron chi connectivity index (χ0n) is 15.0. The normalized spacial score (nSPS) is 14.3. The van der Waals surface area contributed by atoms with E-state index < -0.39 is 12.1 Å². The number of amides is 3. The van der Waals surface area contributed by atoms with Gasteiger partial charge in [-0.25, -0.2) is 4.79 Å². The Kier molecular flexibility index (Phi) is 19.7. The molecule has 0 radical (unpaired) electrons. The Bertz CT molecular complexity index is 334. The molecule has 1 heterocycles. The fourth-order valence-corrected chi connectivity index (χ4v) is 1.84. The van der Waals surface area contributed by atoms with Crippen molar-refractivity contribution < 1.29 is 23.9 Å². The Morgan fingerprint density at radius 2 is 1.62 bits per heavy atom. The highest BCUT2D eigenvalue weighted by molar-refractivity contribution is 5.86. The predicted molar refractivity (Wildman–Crippen MR) is 94.8 cm³/mol. The summed E-state index contributed by atoms with van der Waals surface area (Å²) in [4.78, 5) is 34.2. The fourth-order valence-electron chi connectivity index (χ4n) is 1.84. The minimum absolute atomic E-state index is 0. The van der Waals surface area contributed by atoms with Gasteiger partial charge in [0.2, 0.25) is 12.3 Å². The number of rotatable bonds is 5. The van der Waals surface area contributed by atoms with E-state index in [9.17, 15) is 9.59 Å². The number of methoxy groups -OCH3 is 2. The van der Waals surface area contributed by atoms with E-state index in [0.29, 0.717) is 6.41 Å². The molecule has 0 aliphatic carbocycles. The number of nitrogens with one attached hydrogen (secondary N) is 2. The molecular weight excluding hydrogens is 314 g/mol. The van der Waals surface area contributed by atoms with Crippen LogP contribution in [0.4, 0.5) is 4.79 Å². The van der Waals surface area contributed by atoms with Crippen molar-refractivity contribution in [1.29, 1.82) is 0 Å². The Morgan fingerprint density at radius 3 is 1.96 bits per heavy atom. The Morgan fingerprint density at radius 1 is 1.17 bits per heavy atom. The Hall–Kier alpha value is -1.83. The van der Waals surface area contributed by atoms with Crippen LogP contribution in [0.2, 0.25) is 0 Å². The molecule has 1 aliphatic heterocycles. The molecule has 1 aliphatic rings. The maximum Gasteiger partial charge on any atom is 0.407 e. The van der Waals surface area contributed by atoms with Crippen molar-refractivity contribution in [2.75, 3.05) is 34.4 Å². The summed E-state index contributed by atoms with van der Waals surface area (Å²) in [5, 5.41) is 4.77. The summed E-state index contributed by atoms with van der Waals surface area (Å²) in [6.45, 7) is 7.23. The van der Waals surface area contributed by atoms with Crippen LogP contribution in [0, 0.1) is 0 Å². The van der Waals surface area contributed by atoms with Crippen molar-refractivity contribution in [1.82, 2.24) is 15.5 Å². The van der Waals surface area contributed by atoms with Crippen LogP contribution in [0.5, 0.6) is 0 Å². The van der Waals surface area contributed by atoms with Crippen molar-refractivity contribution in [2.45, 2.75) is 53.2 Å². The quantitative estimate of drug-likeness (QED) is 0.731. The van der Waals surface area contributed by atoms with Gasteiger partial charge < -0.3 is 25.0 Å². The molecule has 0 aromatic rings. The van der Waals surface area contributed by atoms with Crippen LogP contribution < -0.4 is 10.6 Å². The minimum Gasteiger partial charge on any atom is -0.453 e. The van der Waals surface area contributed by atoms with Gasteiger partial charge in [-0.2, -0.15) is 0 Å². The van der Waals surface area contributed by atoms with Crippen molar-refractivity contribution >= 4 is 18.4 Å². The van der Waals surface area contributed by atoms with Crippen LogP contribution in [0.1, 0.15) is 41.0 Å². The molecule has 3 amide bonds. The van der Waals surface area contributed by atoms with Gasteiger partial charge in [0, 0.05) is 27.2 Å². The molecule has 1 fully saturated rings. The zero-order chi connectivity index (χ0) is 18.3. The predicted octanol–water partition coefficient (Wildman–Crippen LogP) is 1.39. The van der Waals surface area contributed by atoms with E-state index in [1.54, 1.807) is 18.9 Å². The third-order valence-corrected chi connectivity index (χ3v) is 3.10. The molecular formula is C16H35N3O5. The number of hydrogen-bond donors (Lipinski definition) is 2. The van der Waals surface area contributed by atoms with Crippen LogP contribution in [-0.2, 0) is 19.1 Å². The highest BCUT2D eigenvalue weighted by Crippen LogP contribution is 2.11. The molecule has 8 heteroatoms. The molecule has 0 spiro atoms. The summed E-state index contributed by atoms with van der Waals surface area (Å²) < 4.78 is 9.63. The van der Waals surface area contributed by atoms with E-state index >= 15 is 0 Å². The van der Waals surface area contributed by atoms with Crippen LogP contribution in [0.25, 0.3) is 0 Å². The number of hydrogen-bond acceptors (Lipinski definition) is 5. The number of alkyl carbamates (subject to hydrolysis) is 1. The number of ether oxygens (including phenoxy) is 2. The van der Waals surface area contributed by atoms with Gasteiger partial charge in [-0.05, 0) is 19.8 Å². The molecule has 1 rings (SSSR count). The molecule has 0 aromatic carbocycles. The first kappa shape index (κ1) is 27.0. The summed E-state index contributed by atoms with van der Waals surface area (Å²) in [7, 11) is 4.34. The highest BCUT2D eigenvalue weighted by atomic mass is 16.5. The molecule has 8 nitrogen and oxygen atoms in total. The van der Waals surface area contributed by atoms with Crippen LogP contribution in [-0.4, -0.2) is 69.8 Å². The highest BCUT2D eigenvalue weighted by Gasteiger charge is 2.32. The van der Waals surface area contributed by atoms with Gasteiger partial charge in [0.15, 0.2) is 0 Å². The van der Waals surface area contributed by atoms with Gasteiger partial charge in [-0.3, -0.25) is 9.59 Å². The average molecular weight is 349 g/mol. The first-order valence-corrected chi connectivity index (χ1v) is 7.78. The van der Waals surface area contributed by atoms with Crippen LogP contribution >= 0.6 is 0 Å². The standard InChI is InChI=1S/C11H20N2O4.C2H5NO.C2H6.CH4/c1-8(16-2)9(12-11(15)17-3)10(14)13-6-4-5-7-13;1-3-2-4;1-2;/h8-9H,4-7H2,1-3H3,(H,12,15);2H,1H3,(H,3,4);1-2H3;1H4. The van der Waals surface area contributed by atoms with Crippen LogP contribution in [0.15, 0.2) is 0 Å².